The fourth-order valence-corrected chi connectivity index (χ4v) is 3.97. The molecule has 1 aliphatic rings. The quantitative estimate of drug-likeness (QED) is 0.306. The zero-order valence-electron chi connectivity index (χ0n) is 20.0. The topological polar surface area (TPSA) is 48.9 Å². The number of ether oxygens (including phenoxy) is 1. The van der Waals surface area contributed by atoms with Gasteiger partial charge in [0.2, 0.25) is 0 Å². The molecule has 2 atom stereocenters. The standard InChI is InChI=1S/C24H42N4O.HI/c1-18(2)28(7)17-21-12-9-8-11-19(21)15-26-23(25-6)27-16-20-13-10-14-29-22(20)24(3,4)5;/h8-9,11-12,18,20,22H,10,13-17H2,1-7H3,(H2,25,26,27);1H. The van der Waals surface area contributed by atoms with E-state index in [0.717, 1.165) is 38.6 Å². The molecule has 2 rings (SSSR count). The summed E-state index contributed by atoms with van der Waals surface area (Å²) in [5.41, 5.74) is 2.84. The summed E-state index contributed by atoms with van der Waals surface area (Å²) in [6.45, 7) is 14.8. The van der Waals surface area contributed by atoms with Gasteiger partial charge in [-0.15, -0.1) is 24.0 Å². The maximum absolute atomic E-state index is 6.12. The Kier molecular flexibility index (Phi) is 11.7. The summed E-state index contributed by atoms with van der Waals surface area (Å²) >= 11 is 0. The zero-order chi connectivity index (χ0) is 21.4. The minimum atomic E-state index is 0. The molecule has 1 aromatic carbocycles. The smallest absolute Gasteiger partial charge is 0.191 e. The Morgan fingerprint density at radius 1 is 1.20 bits per heavy atom. The highest BCUT2D eigenvalue weighted by Gasteiger charge is 2.35. The minimum Gasteiger partial charge on any atom is -0.377 e. The normalized spacial score (nSPS) is 20.2. The molecule has 172 valence electrons. The molecular formula is C24H43IN4O. The van der Waals surface area contributed by atoms with Gasteiger partial charge in [0.15, 0.2) is 5.96 Å². The molecule has 6 heteroatoms. The van der Waals surface area contributed by atoms with Crippen molar-refractivity contribution in [2.75, 3.05) is 27.2 Å². The van der Waals surface area contributed by atoms with Crippen molar-refractivity contribution < 1.29 is 4.74 Å². The Bertz CT molecular complexity index is 657. The number of aliphatic imine (C=N–C) groups is 1. The van der Waals surface area contributed by atoms with Crippen LogP contribution in [0, 0.1) is 11.3 Å². The van der Waals surface area contributed by atoms with Crippen LogP contribution in [0.5, 0.6) is 0 Å². The lowest BCUT2D eigenvalue weighted by Gasteiger charge is -2.40. The average Bonchev–Trinajstić information content (AvgIpc) is 2.68. The Labute approximate surface area is 201 Å². The predicted molar refractivity (Wildman–Crippen MR) is 139 cm³/mol. The highest BCUT2D eigenvalue weighted by Crippen LogP contribution is 2.33. The first kappa shape index (κ1) is 27.2. The predicted octanol–water partition coefficient (Wildman–Crippen LogP) is 4.65. The third kappa shape index (κ3) is 8.35. The van der Waals surface area contributed by atoms with Crippen LogP contribution in [0.1, 0.15) is 58.6 Å². The van der Waals surface area contributed by atoms with Gasteiger partial charge in [0, 0.05) is 45.2 Å². The van der Waals surface area contributed by atoms with Crippen molar-refractivity contribution in [2.45, 2.75) is 72.7 Å². The van der Waals surface area contributed by atoms with Crippen LogP contribution < -0.4 is 10.6 Å². The van der Waals surface area contributed by atoms with E-state index in [-0.39, 0.29) is 35.5 Å². The molecule has 0 radical (unpaired) electrons. The molecule has 0 saturated carbocycles. The number of nitrogens with one attached hydrogen (secondary N) is 2. The van der Waals surface area contributed by atoms with Crippen molar-refractivity contribution in [1.82, 2.24) is 15.5 Å². The molecule has 30 heavy (non-hydrogen) atoms. The highest BCUT2D eigenvalue weighted by molar-refractivity contribution is 14.0. The van der Waals surface area contributed by atoms with E-state index in [2.05, 4.69) is 86.5 Å². The van der Waals surface area contributed by atoms with Crippen molar-refractivity contribution in [3.8, 4) is 0 Å². The van der Waals surface area contributed by atoms with E-state index in [4.69, 9.17) is 4.74 Å². The molecule has 1 saturated heterocycles. The van der Waals surface area contributed by atoms with Crippen molar-refractivity contribution in [3.63, 3.8) is 0 Å². The van der Waals surface area contributed by atoms with Gasteiger partial charge in [-0.2, -0.15) is 0 Å². The van der Waals surface area contributed by atoms with Crippen molar-refractivity contribution in [2.24, 2.45) is 16.3 Å². The number of nitrogens with zero attached hydrogens (tertiary/aromatic N) is 2. The molecule has 1 aromatic rings. The van der Waals surface area contributed by atoms with Crippen LogP contribution in [0.3, 0.4) is 0 Å². The summed E-state index contributed by atoms with van der Waals surface area (Å²) in [6.07, 6.45) is 2.63. The lowest BCUT2D eigenvalue weighted by molar-refractivity contribution is -0.0835. The molecule has 2 N–H and O–H groups in total. The average molecular weight is 531 g/mol. The van der Waals surface area contributed by atoms with E-state index in [1.54, 1.807) is 0 Å². The number of guanidine groups is 1. The summed E-state index contributed by atoms with van der Waals surface area (Å²) in [6, 6.07) is 9.18. The maximum Gasteiger partial charge on any atom is 0.191 e. The first-order valence-corrected chi connectivity index (χ1v) is 11.1. The van der Waals surface area contributed by atoms with E-state index in [0.29, 0.717) is 12.0 Å². The van der Waals surface area contributed by atoms with Crippen LogP contribution in [-0.4, -0.2) is 50.3 Å². The fourth-order valence-electron chi connectivity index (χ4n) is 3.97. The molecule has 1 heterocycles. The van der Waals surface area contributed by atoms with E-state index in [1.807, 2.05) is 7.05 Å². The SMILES string of the molecule is CN=C(NCc1ccccc1CN(C)C(C)C)NCC1CCCOC1C(C)(C)C.I. The van der Waals surface area contributed by atoms with Gasteiger partial charge in [-0.05, 0) is 50.3 Å². The van der Waals surface area contributed by atoms with Crippen molar-refractivity contribution >= 4 is 29.9 Å². The summed E-state index contributed by atoms with van der Waals surface area (Å²) in [5.74, 6) is 1.37. The molecule has 2 unspecified atom stereocenters. The van der Waals surface area contributed by atoms with Crippen LogP contribution in [0.2, 0.25) is 0 Å². The number of rotatable bonds is 7. The van der Waals surface area contributed by atoms with Gasteiger partial charge in [0.25, 0.3) is 0 Å². The van der Waals surface area contributed by atoms with Crippen LogP contribution in [0.4, 0.5) is 0 Å². The Balaban J connectivity index is 0.00000450. The second-order valence-electron chi connectivity index (χ2n) is 9.64. The molecular weight excluding hydrogens is 487 g/mol. The molecule has 0 bridgehead atoms. The summed E-state index contributed by atoms with van der Waals surface area (Å²) in [7, 11) is 4.01. The van der Waals surface area contributed by atoms with Crippen molar-refractivity contribution in [1.29, 1.82) is 0 Å². The maximum atomic E-state index is 6.12. The minimum absolute atomic E-state index is 0. The molecule has 0 spiro atoms. The van der Waals surface area contributed by atoms with Gasteiger partial charge in [0.05, 0.1) is 6.10 Å². The first-order chi connectivity index (χ1) is 13.7. The Hall–Kier alpha value is -0.860. The molecule has 5 nitrogen and oxygen atoms in total. The zero-order valence-corrected chi connectivity index (χ0v) is 22.3. The van der Waals surface area contributed by atoms with Crippen LogP contribution in [0.15, 0.2) is 29.3 Å². The summed E-state index contributed by atoms with van der Waals surface area (Å²) < 4.78 is 6.12. The van der Waals surface area contributed by atoms with Gasteiger partial charge in [-0.25, -0.2) is 0 Å². The molecule has 1 fully saturated rings. The Morgan fingerprint density at radius 3 is 2.47 bits per heavy atom. The lowest BCUT2D eigenvalue weighted by atomic mass is 9.78. The third-order valence-electron chi connectivity index (χ3n) is 5.92. The van der Waals surface area contributed by atoms with Crippen LogP contribution >= 0.6 is 24.0 Å². The number of hydrogen-bond donors (Lipinski definition) is 2. The van der Waals surface area contributed by atoms with Gasteiger partial charge in [-0.1, -0.05) is 45.0 Å². The van der Waals surface area contributed by atoms with E-state index in [9.17, 15) is 0 Å². The van der Waals surface area contributed by atoms with E-state index in [1.165, 1.54) is 17.5 Å². The summed E-state index contributed by atoms with van der Waals surface area (Å²) in [5, 5.41) is 7.04. The molecule has 0 amide bonds. The number of halogens is 1. The largest absolute Gasteiger partial charge is 0.377 e. The highest BCUT2D eigenvalue weighted by atomic mass is 127. The number of hydrogen-bond acceptors (Lipinski definition) is 3. The van der Waals surface area contributed by atoms with Crippen LogP contribution in [0.25, 0.3) is 0 Å². The Morgan fingerprint density at radius 2 is 1.87 bits per heavy atom. The van der Waals surface area contributed by atoms with Gasteiger partial charge in [-0.3, -0.25) is 9.89 Å². The van der Waals surface area contributed by atoms with Gasteiger partial charge in [0.1, 0.15) is 0 Å². The van der Waals surface area contributed by atoms with E-state index < -0.39 is 0 Å². The summed E-state index contributed by atoms with van der Waals surface area (Å²) in [4.78, 5) is 6.80. The fraction of sp³-hybridized carbons (Fsp3) is 0.708. The van der Waals surface area contributed by atoms with Crippen LogP contribution in [-0.2, 0) is 17.8 Å². The molecule has 1 aliphatic heterocycles. The monoisotopic (exact) mass is 530 g/mol. The molecule has 0 aliphatic carbocycles. The van der Waals surface area contributed by atoms with E-state index >= 15 is 0 Å². The first-order valence-electron chi connectivity index (χ1n) is 11.1. The molecule has 0 aromatic heterocycles. The second kappa shape index (κ2) is 12.9. The van der Waals surface area contributed by atoms with Crippen molar-refractivity contribution in [3.05, 3.63) is 35.4 Å². The third-order valence-corrected chi connectivity index (χ3v) is 5.92. The van der Waals surface area contributed by atoms with Gasteiger partial charge < -0.3 is 15.4 Å². The second-order valence-corrected chi connectivity index (χ2v) is 9.64. The van der Waals surface area contributed by atoms with Gasteiger partial charge >= 0.3 is 0 Å². The lowest BCUT2D eigenvalue weighted by Crippen LogP contribution is -2.47. The number of benzene rings is 1.